The monoisotopic (exact) mass is 378 g/mol. The zero-order chi connectivity index (χ0) is 19.5. The smallest absolute Gasteiger partial charge is 0.241 e. The van der Waals surface area contributed by atoms with Crippen LogP contribution in [-0.2, 0) is 20.2 Å². The molecule has 0 atom stereocenters. The Labute approximate surface area is 153 Å². The van der Waals surface area contributed by atoms with Gasteiger partial charge in [-0.15, -0.1) is 0 Å². The number of amides is 1. The summed E-state index contributed by atoms with van der Waals surface area (Å²) in [5.41, 5.74) is 1.94. The molecule has 0 saturated carbocycles. The van der Waals surface area contributed by atoms with Crippen LogP contribution in [0.1, 0.15) is 31.9 Å². The first-order valence-electron chi connectivity index (χ1n) is 8.15. The van der Waals surface area contributed by atoms with Crippen LogP contribution in [0.15, 0.2) is 47.4 Å². The van der Waals surface area contributed by atoms with Crippen molar-refractivity contribution in [3.05, 3.63) is 59.4 Å². The minimum Gasteiger partial charge on any atom is -0.325 e. The highest BCUT2D eigenvalue weighted by atomic mass is 32.2. The Morgan fingerprint density at radius 2 is 1.69 bits per heavy atom. The van der Waals surface area contributed by atoms with Crippen molar-refractivity contribution in [1.29, 1.82) is 0 Å². The molecule has 0 aliphatic heterocycles. The van der Waals surface area contributed by atoms with Crippen LogP contribution in [-0.4, -0.2) is 20.9 Å². The lowest BCUT2D eigenvalue weighted by Crippen LogP contribution is -2.33. The first-order valence-corrected chi connectivity index (χ1v) is 9.63. The summed E-state index contributed by atoms with van der Waals surface area (Å²) in [4.78, 5) is 11.9. The molecule has 140 valence electrons. The van der Waals surface area contributed by atoms with Crippen LogP contribution in [0.3, 0.4) is 0 Å². The second-order valence-electron chi connectivity index (χ2n) is 7.11. The number of carbonyl (C=O) groups is 1. The number of aryl methyl sites for hydroxylation is 1. The average molecular weight is 378 g/mol. The van der Waals surface area contributed by atoms with E-state index >= 15 is 0 Å². The van der Waals surface area contributed by atoms with Gasteiger partial charge < -0.3 is 5.32 Å². The maximum absolute atomic E-state index is 13.3. The van der Waals surface area contributed by atoms with E-state index in [1.54, 1.807) is 12.1 Å². The highest BCUT2D eigenvalue weighted by Gasteiger charge is 2.17. The van der Waals surface area contributed by atoms with Crippen molar-refractivity contribution >= 4 is 21.6 Å². The predicted molar refractivity (Wildman–Crippen MR) is 100 cm³/mol. The molecule has 26 heavy (non-hydrogen) atoms. The van der Waals surface area contributed by atoms with Gasteiger partial charge in [0.2, 0.25) is 15.9 Å². The molecule has 0 aromatic heterocycles. The largest absolute Gasteiger partial charge is 0.325 e. The highest BCUT2D eigenvalue weighted by Crippen LogP contribution is 2.23. The van der Waals surface area contributed by atoms with Crippen LogP contribution in [0.5, 0.6) is 0 Å². The standard InChI is InChI=1S/C19H23FN2O3S/c1-13-11-16(9-10-17(13)20)26(24,25)21-12-18(23)22-15-7-5-14(6-8-15)19(2,3)4/h5-11,21H,12H2,1-4H3,(H,22,23). The zero-order valence-corrected chi connectivity index (χ0v) is 16.1. The molecule has 0 aliphatic rings. The molecule has 2 rings (SSSR count). The number of rotatable bonds is 5. The topological polar surface area (TPSA) is 75.3 Å². The summed E-state index contributed by atoms with van der Waals surface area (Å²) in [5, 5.41) is 2.64. The molecular formula is C19H23FN2O3S. The van der Waals surface area contributed by atoms with Crippen molar-refractivity contribution in [2.24, 2.45) is 0 Å². The molecule has 0 saturated heterocycles. The SMILES string of the molecule is Cc1cc(S(=O)(=O)NCC(=O)Nc2ccc(C(C)(C)C)cc2)ccc1F. The van der Waals surface area contributed by atoms with Gasteiger partial charge in [0.15, 0.2) is 0 Å². The maximum atomic E-state index is 13.3. The summed E-state index contributed by atoms with van der Waals surface area (Å²) in [6.45, 7) is 7.33. The molecule has 0 fully saturated rings. The third kappa shape index (κ3) is 5.12. The first-order chi connectivity index (χ1) is 12.0. The fourth-order valence-corrected chi connectivity index (χ4v) is 3.35. The third-order valence-electron chi connectivity index (χ3n) is 3.90. The van der Waals surface area contributed by atoms with Crippen molar-refractivity contribution in [2.75, 3.05) is 11.9 Å². The number of nitrogens with one attached hydrogen (secondary N) is 2. The van der Waals surface area contributed by atoms with E-state index in [9.17, 15) is 17.6 Å². The lowest BCUT2D eigenvalue weighted by molar-refractivity contribution is -0.115. The quantitative estimate of drug-likeness (QED) is 0.838. The molecule has 0 radical (unpaired) electrons. The molecule has 0 heterocycles. The van der Waals surface area contributed by atoms with E-state index in [1.165, 1.54) is 13.0 Å². The number of hydrogen-bond acceptors (Lipinski definition) is 3. The maximum Gasteiger partial charge on any atom is 0.241 e. The Morgan fingerprint density at radius 3 is 2.23 bits per heavy atom. The van der Waals surface area contributed by atoms with Crippen LogP contribution in [0.4, 0.5) is 10.1 Å². The van der Waals surface area contributed by atoms with Gasteiger partial charge in [0.05, 0.1) is 11.4 Å². The molecule has 2 N–H and O–H groups in total. The van der Waals surface area contributed by atoms with Crippen molar-refractivity contribution in [3.8, 4) is 0 Å². The molecule has 5 nitrogen and oxygen atoms in total. The molecule has 2 aromatic rings. The van der Waals surface area contributed by atoms with E-state index in [-0.39, 0.29) is 15.9 Å². The van der Waals surface area contributed by atoms with Gasteiger partial charge in [0.25, 0.3) is 0 Å². The van der Waals surface area contributed by atoms with Gasteiger partial charge in [0.1, 0.15) is 5.82 Å². The van der Waals surface area contributed by atoms with E-state index in [0.717, 1.165) is 17.7 Å². The summed E-state index contributed by atoms with van der Waals surface area (Å²) < 4.78 is 39.9. The summed E-state index contributed by atoms with van der Waals surface area (Å²) >= 11 is 0. The third-order valence-corrected chi connectivity index (χ3v) is 5.30. The summed E-state index contributed by atoms with van der Waals surface area (Å²) in [6, 6.07) is 10.9. The Hall–Kier alpha value is -2.25. The predicted octanol–water partition coefficient (Wildman–Crippen LogP) is 3.35. The van der Waals surface area contributed by atoms with Crippen molar-refractivity contribution < 1.29 is 17.6 Å². The van der Waals surface area contributed by atoms with Gasteiger partial charge in [-0.05, 0) is 53.8 Å². The molecule has 0 bridgehead atoms. The second-order valence-corrected chi connectivity index (χ2v) is 8.88. The lowest BCUT2D eigenvalue weighted by atomic mass is 9.87. The summed E-state index contributed by atoms with van der Waals surface area (Å²) in [6.07, 6.45) is 0. The normalized spacial score (nSPS) is 12.0. The molecule has 7 heteroatoms. The number of carbonyl (C=O) groups excluding carboxylic acids is 1. The second kappa shape index (κ2) is 7.55. The van der Waals surface area contributed by atoms with E-state index in [0.29, 0.717) is 5.69 Å². The Kier molecular flexibility index (Phi) is 5.83. The molecular weight excluding hydrogens is 355 g/mol. The van der Waals surface area contributed by atoms with Crippen LogP contribution in [0, 0.1) is 12.7 Å². The number of sulfonamides is 1. The van der Waals surface area contributed by atoms with Crippen LogP contribution in [0.2, 0.25) is 0 Å². The van der Waals surface area contributed by atoms with Gasteiger partial charge >= 0.3 is 0 Å². The molecule has 0 unspecified atom stereocenters. The van der Waals surface area contributed by atoms with Crippen molar-refractivity contribution in [1.82, 2.24) is 4.72 Å². The number of benzene rings is 2. The van der Waals surface area contributed by atoms with E-state index in [2.05, 4.69) is 30.8 Å². The van der Waals surface area contributed by atoms with Gasteiger partial charge in [-0.2, -0.15) is 0 Å². The van der Waals surface area contributed by atoms with Gasteiger partial charge in [-0.3, -0.25) is 4.79 Å². The van der Waals surface area contributed by atoms with Crippen LogP contribution >= 0.6 is 0 Å². The van der Waals surface area contributed by atoms with Crippen molar-refractivity contribution in [2.45, 2.75) is 38.0 Å². The summed E-state index contributed by atoms with van der Waals surface area (Å²) in [5.74, 6) is -0.976. The van der Waals surface area contributed by atoms with Gasteiger partial charge in [-0.1, -0.05) is 32.9 Å². The van der Waals surface area contributed by atoms with Crippen molar-refractivity contribution in [3.63, 3.8) is 0 Å². The van der Waals surface area contributed by atoms with E-state index in [1.807, 2.05) is 12.1 Å². The van der Waals surface area contributed by atoms with Gasteiger partial charge in [-0.25, -0.2) is 17.5 Å². The Balaban J connectivity index is 1.98. The minimum absolute atomic E-state index is 0.00542. The first kappa shape index (κ1) is 20.1. The average Bonchev–Trinajstić information content (AvgIpc) is 2.55. The number of anilines is 1. The molecule has 1 amide bonds. The molecule has 0 spiro atoms. The zero-order valence-electron chi connectivity index (χ0n) is 15.3. The van der Waals surface area contributed by atoms with E-state index in [4.69, 9.17) is 0 Å². The van der Waals surface area contributed by atoms with Crippen LogP contribution in [0.25, 0.3) is 0 Å². The summed E-state index contributed by atoms with van der Waals surface area (Å²) in [7, 11) is -3.89. The lowest BCUT2D eigenvalue weighted by Gasteiger charge is -2.19. The van der Waals surface area contributed by atoms with Gasteiger partial charge in [0, 0.05) is 5.69 Å². The number of halogens is 1. The Morgan fingerprint density at radius 1 is 1.08 bits per heavy atom. The highest BCUT2D eigenvalue weighted by molar-refractivity contribution is 7.89. The fourth-order valence-electron chi connectivity index (χ4n) is 2.29. The van der Waals surface area contributed by atoms with Crippen LogP contribution < -0.4 is 10.0 Å². The van der Waals surface area contributed by atoms with E-state index < -0.39 is 28.3 Å². The molecule has 0 aliphatic carbocycles. The molecule has 2 aromatic carbocycles. The fraction of sp³-hybridized carbons (Fsp3) is 0.316. The Bertz CT molecular complexity index is 901. The number of hydrogen-bond donors (Lipinski definition) is 2. The minimum atomic E-state index is -3.89.